The molecule has 0 aliphatic heterocycles. The number of carbonyl (C=O) groups is 1. The highest BCUT2D eigenvalue weighted by atomic mass is 16.1. The van der Waals surface area contributed by atoms with Gasteiger partial charge in [-0.15, -0.1) is 0 Å². The van der Waals surface area contributed by atoms with E-state index < -0.39 is 0 Å². The fourth-order valence-electron chi connectivity index (χ4n) is 2.45. The van der Waals surface area contributed by atoms with Crippen molar-refractivity contribution in [3.05, 3.63) is 83.7 Å². The molecule has 0 bridgehead atoms. The van der Waals surface area contributed by atoms with Gasteiger partial charge in [-0.25, -0.2) is 0 Å². The molecule has 0 aliphatic rings. The number of hydrogen-bond acceptors (Lipinski definition) is 3. The van der Waals surface area contributed by atoms with Gasteiger partial charge in [0.15, 0.2) is 0 Å². The maximum Gasteiger partial charge on any atom is 0.262 e. The molecule has 24 heavy (non-hydrogen) atoms. The molecule has 2 aromatic carbocycles. The largest absolute Gasteiger partial charge is 0.347 e. The Morgan fingerprint density at radius 2 is 1.96 bits per heavy atom. The number of aromatic nitrogens is 1. The van der Waals surface area contributed by atoms with Crippen molar-refractivity contribution in [3.8, 4) is 6.07 Å². The maximum atomic E-state index is 12.3. The number of rotatable bonds is 4. The summed E-state index contributed by atoms with van der Waals surface area (Å²) in [5.41, 5.74) is 1.89. The molecule has 4 nitrogen and oxygen atoms in total. The van der Waals surface area contributed by atoms with E-state index in [1.807, 2.05) is 60.7 Å². The van der Waals surface area contributed by atoms with Crippen LogP contribution in [0.1, 0.15) is 11.1 Å². The molecule has 0 saturated carbocycles. The van der Waals surface area contributed by atoms with E-state index in [0.717, 1.165) is 21.9 Å². The Bertz CT molecular complexity index is 935. The van der Waals surface area contributed by atoms with Gasteiger partial charge in [0, 0.05) is 24.3 Å². The summed E-state index contributed by atoms with van der Waals surface area (Å²) in [4.78, 5) is 16.4. The summed E-state index contributed by atoms with van der Waals surface area (Å²) in [5.74, 6) is -0.382. The number of nitrogens with zero attached hydrogens (tertiary/aromatic N) is 2. The molecule has 0 atom stereocenters. The van der Waals surface area contributed by atoms with Gasteiger partial charge < -0.3 is 5.32 Å². The molecule has 0 unspecified atom stereocenters. The number of hydrogen-bond donors (Lipinski definition) is 1. The van der Waals surface area contributed by atoms with E-state index in [1.165, 1.54) is 0 Å². The Labute approximate surface area is 140 Å². The Balaban J connectivity index is 1.83. The van der Waals surface area contributed by atoms with Crippen molar-refractivity contribution < 1.29 is 4.79 Å². The number of benzene rings is 2. The summed E-state index contributed by atoms with van der Waals surface area (Å²) in [6.45, 7) is 0.387. The Hall–Kier alpha value is -3.45. The zero-order chi connectivity index (χ0) is 16.8. The fraction of sp³-hybridized carbons (Fsp3) is 0.0500. The first-order chi connectivity index (χ1) is 11.8. The van der Waals surface area contributed by atoms with Crippen LogP contribution in [0.3, 0.4) is 0 Å². The maximum absolute atomic E-state index is 12.3. The molecule has 1 heterocycles. The van der Waals surface area contributed by atoms with Gasteiger partial charge in [0.2, 0.25) is 0 Å². The molecule has 0 saturated heterocycles. The van der Waals surface area contributed by atoms with Crippen molar-refractivity contribution >= 4 is 22.8 Å². The molecule has 0 aliphatic carbocycles. The van der Waals surface area contributed by atoms with E-state index in [4.69, 9.17) is 0 Å². The van der Waals surface area contributed by atoms with Crippen LogP contribution in [-0.4, -0.2) is 10.9 Å². The Morgan fingerprint density at radius 1 is 1.12 bits per heavy atom. The lowest BCUT2D eigenvalue weighted by Gasteiger charge is -2.05. The van der Waals surface area contributed by atoms with Crippen LogP contribution < -0.4 is 5.32 Å². The van der Waals surface area contributed by atoms with E-state index in [-0.39, 0.29) is 11.5 Å². The monoisotopic (exact) mass is 313 g/mol. The molecule has 3 aromatic rings. The third-order valence-corrected chi connectivity index (χ3v) is 3.68. The number of amides is 1. The smallest absolute Gasteiger partial charge is 0.262 e. The predicted octanol–water partition coefficient (Wildman–Crippen LogP) is 3.46. The minimum absolute atomic E-state index is 0.0789. The van der Waals surface area contributed by atoms with Crippen molar-refractivity contribution in [1.82, 2.24) is 10.3 Å². The third-order valence-electron chi connectivity index (χ3n) is 3.68. The van der Waals surface area contributed by atoms with Crippen LogP contribution in [0.15, 0.2) is 72.6 Å². The highest BCUT2D eigenvalue weighted by Gasteiger charge is 2.09. The van der Waals surface area contributed by atoms with E-state index in [2.05, 4.69) is 10.3 Å². The van der Waals surface area contributed by atoms with Crippen molar-refractivity contribution in [2.24, 2.45) is 0 Å². The SMILES string of the molecule is N#CC(=Cc1cccc2cnccc12)C(=O)NCc1ccccc1. The minimum Gasteiger partial charge on any atom is -0.347 e. The molecule has 3 rings (SSSR count). The van der Waals surface area contributed by atoms with Gasteiger partial charge in [-0.05, 0) is 28.7 Å². The van der Waals surface area contributed by atoms with Gasteiger partial charge >= 0.3 is 0 Å². The van der Waals surface area contributed by atoms with Crippen molar-refractivity contribution in [3.63, 3.8) is 0 Å². The van der Waals surface area contributed by atoms with Crippen LogP contribution in [0.2, 0.25) is 0 Å². The van der Waals surface area contributed by atoms with Gasteiger partial charge in [0.05, 0.1) is 0 Å². The summed E-state index contributed by atoms with van der Waals surface area (Å²) in [6, 6.07) is 19.1. The number of fused-ring (bicyclic) bond motifs is 1. The minimum atomic E-state index is -0.382. The average Bonchev–Trinajstić information content (AvgIpc) is 2.65. The molecule has 116 valence electrons. The lowest BCUT2D eigenvalue weighted by atomic mass is 10.0. The molecular weight excluding hydrogens is 298 g/mol. The van der Waals surface area contributed by atoms with Crippen LogP contribution in [-0.2, 0) is 11.3 Å². The Morgan fingerprint density at radius 3 is 2.75 bits per heavy atom. The first-order valence-corrected chi connectivity index (χ1v) is 7.54. The number of carbonyl (C=O) groups excluding carboxylic acids is 1. The van der Waals surface area contributed by atoms with Crippen LogP contribution in [0.4, 0.5) is 0 Å². The molecule has 4 heteroatoms. The van der Waals surface area contributed by atoms with Crippen molar-refractivity contribution in [2.75, 3.05) is 0 Å². The molecule has 0 radical (unpaired) electrons. The summed E-state index contributed by atoms with van der Waals surface area (Å²) in [6.07, 6.45) is 5.07. The quantitative estimate of drug-likeness (QED) is 0.592. The lowest BCUT2D eigenvalue weighted by Crippen LogP contribution is -2.23. The van der Waals surface area contributed by atoms with Gasteiger partial charge in [-0.2, -0.15) is 5.26 Å². The zero-order valence-electron chi connectivity index (χ0n) is 12.9. The predicted molar refractivity (Wildman–Crippen MR) is 93.6 cm³/mol. The summed E-state index contributed by atoms with van der Waals surface area (Å²) >= 11 is 0. The molecule has 0 fully saturated rings. The van der Waals surface area contributed by atoms with E-state index in [9.17, 15) is 10.1 Å². The highest BCUT2D eigenvalue weighted by Crippen LogP contribution is 2.20. The number of nitriles is 1. The van der Waals surface area contributed by atoms with E-state index >= 15 is 0 Å². The van der Waals surface area contributed by atoms with Gasteiger partial charge in [0.1, 0.15) is 11.6 Å². The highest BCUT2D eigenvalue weighted by molar-refractivity contribution is 6.03. The van der Waals surface area contributed by atoms with Crippen LogP contribution in [0.5, 0.6) is 0 Å². The second-order valence-corrected chi connectivity index (χ2v) is 5.28. The van der Waals surface area contributed by atoms with Gasteiger partial charge in [-0.1, -0.05) is 48.5 Å². The second kappa shape index (κ2) is 7.21. The van der Waals surface area contributed by atoms with E-state index in [1.54, 1.807) is 18.5 Å². The lowest BCUT2D eigenvalue weighted by molar-refractivity contribution is -0.117. The first kappa shape index (κ1) is 15.4. The summed E-state index contributed by atoms with van der Waals surface area (Å²) < 4.78 is 0. The summed E-state index contributed by atoms with van der Waals surface area (Å²) in [7, 11) is 0. The van der Waals surface area contributed by atoms with Crippen LogP contribution in [0, 0.1) is 11.3 Å². The second-order valence-electron chi connectivity index (χ2n) is 5.28. The molecular formula is C20H15N3O. The molecule has 1 aromatic heterocycles. The number of nitrogens with one attached hydrogen (secondary N) is 1. The number of pyridine rings is 1. The van der Waals surface area contributed by atoms with Crippen molar-refractivity contribution in [2.45, 2.75) is 6.54 Å². The fourth-order valence-corrected chi connectivity index (χ4v) is 2.45. The van der Waals surface area contributed by atoms with Crippen LogP contribution in [0.25, 0.3) is 16.8 Å². The molecule has 1 N–H and O–H groups in total. The third kappa shape index (κ3) is 3.47. The molecule has 0 spiro atoms. The van der Waals surface area contributed by atoms with Gasteiger partial charge in [0.25, 0.3) is 5.91 Å². The zero-order valence-corrected chi connectivity index (χ0v) is 12.9. The first-order valence-electron chi connectivity index (χ1n) is 7.54. The average molecular weight is 313 g/mol. The molecule has 1 amide bonds. The summed E-state index contributed by atoms with van der Waals surface area (Å²) in [5, 5.41) is 14.0. The standard InChI is InChI=1S/C20H15N3O/c21-12-18(20(24)23-13-15-5-2-1-3-6-15)11-16-7-4-8-17-14-22-10-9-19(16)17/h1-11,14H,13H2,(H,23,24). The Kier molecular flexibility index (Phi) is 4.64. The van der Waals surface area contributed by atoms with Gasteiger partial charge in [-0.3, -0.25) is 9.78 Å². The normalized spacial score (nSPS) is 11.0. The van der Waals surface area contributed by atoms with E-state index in [0.29, 0.717) is 6.54 Å². The van der Waals surface area contributed by atoms with Crippen molar-refractivity contribution in [1.29, 1.82) is 5.26 Å². The van der Waals surface area contributed by atoms with Crippen LogP contribution >= 0.6 is 0 Å². The topological polar surface area (TPSA) is 65.8 Å².